The molecule has 0 spiro atoms. The van der Waals surface area contributed by atoms with Gasteiger partial charge in [-0.25, -0.2) is 0 Å². The lowest BCUT2D eigenvalue weighted by molar-refractivity contribution is 1.52. The van der Waals surface area contributed by atoms with Crippen LogP contribution < -0.4 is 0 Å². The molecule has 1 aromatic rings. The first-order chi connectivity index (χ1) is 6.27. The highest BCUT2D eigenvalue weighted by Crippen LogP contribution is 2.17. The molecule has 0 aliphatic rings. The normalized spacial score (nSPS) is 11.0. The predicted molar refractivity (Wildman–Crippen MR) is 59.2 cm³/mol. The molecule has 0 aliphatic heterocycles. The molecule has 1 rings (SSSR count). The maximum Gasteiger partial charge on any atom is 0.0694 e. The van der Waals surface area contributed by atoms with Gasteiger partial charge in [-0.2, -0.15) is 0 Å². The molecule has 0 N–H and O–H groups in total. The summed E-state index contributed by atoms with van der Waals surface area (Å²) >= 11 is 5.75. The van der Waals surface area contributed by atoms with E-state index in [0.29, 0.717) is 5.02 Å². The van der Waals surface area contributed by atoms with Gasteiger partial charge in [0, 0.05) is 10.6 Å². The van der Waals surface area contributed by atoms with Crippen molar-refractivity contribution in [2.24, 2.45) is 4.99 Å². The first-order valence-electron chi connectivity index (χ1n) is 3.83. The summed E-state index contributed by atoms with van der Waals surface area (Å²) in [6.07, 6.45) is 3.48. The predicted octanol–water partition coefficient (Wildman–Crippen LogP) is 3.57. The van der Waals surface area contributed by atoms with E-state index in [4.69, 9.17) is 11.6 Å². The number of benzene rings is 1. The average Bonchev–Trinajstić information content (AvgIpc) is 2.16. The lowest BCUT2D eigenvalue weighted by atomic mass is 10.1. The van der Waals surface area contributed by atoms with Gasteiger partial charge in [0.2, 0.25) is 0 Å². The highest BCUT2D eigenvalue weighted by molar-refractivity contribution is 6.30. The first-order valence-corrected chi connectivity index (χ1v) is 4.21. The van der Waals surface area contributed by atoms with Gasteiger partial charge in [-0.1, -0.05) is 36.4 Å². The standard InChI is InChI=1S/C11H10ClN/c1-3-4-11(13-2)9-5-7-10(12)8-6-9/h3-8H,1-2H2/b11-4-. The summed E-state index contributed by atoms with van der Waals surface area (Å²) < 4.78 is 0. The molecule has 0 atom stereocenters. The van der Waals surface area contributed by atoms with Gasteiger partial charge in [0.05, 0.1) is 5.70 Å². The zero-order valence-electron chi connectivity index (χ0n) is 7.20. The molecule has 0 saturated carbocycles. The number of halogens is 1. The number of aliphatic imine (C=N–C) groups is 1. The number of rotatable bonds is 3. The summed E-state index contributed by atoms with van der Waals surface area (Å²) in [5.74, 6) is 0. The van der Waals surface area contributed by atoms with Crippen LogP contribution in [0.15, 0.2) is 48.0 Å². The summed E-state index contributed by atoms with van der Waals surface area (Å²) in [7, 11) is 0. The summed E-state index contributed by atoms with van der Waals surface area (Å²) in [6.45, 7) is 7.08. The third-order valence-electron chi connectivity index (χ3n) is 1.59. The molecule has 13 heavy (non-hydrogen) atoms. The minimum absolute atomic E-state index is 0.714. The van der Waals surface area contributed by atoms with Crippen LogP contribution in [0.2, 0.25) is 5.02 Å². The van der Waals surface area contributed by atoms with Crippen molar-refractivity contribution in [3.05, 3.63) is 53.6 Å². The quantitative estimate of drug-likeness (QED) is 0.512. The Balaban J connectivity index is 3.06. The zero-order chi connectivity index (χ0) is 9.68. The summed E-state index contributed by atoms with van der Waals surface area (Å²) in [5, 5.41) is 0.714. The zero-order valence-corrected chi connectivity index (χ0v) is 7.96. The average molecular weight is 192 g/mol. The lowest BCUT2D eigenvalue weighted by Crippen LogP contribution is -1.78. The molecule has 0 heterocycles. The smallest absolute Gasteiger partial charge is 0.0694 e. The molecule has 0 saturated heterocycles. The van der Waals surface area contributed by atoms with Crippen LogP contribution in [0.25, 0.3) is 5.70 Å². The van der Waals surface area contributed by atoms with E-state index in [2.05, 4.69) is 18.3 Å². The third-order valence-corrected chi connectivity index (χ3v) is 1.84. The van der Waals surface area contributed by atoms with Crippen LogP contribution in [0.4, 0.5) is 0 Å². The second-order valence-corrected chi connectivity index (χ2v) is 2.89. The lowest BCUT2D eigenvalue weighted by Gasteiger charge is -1.99. The molecule has 0 unspecified atom stereocenters. The monoisotopic (exact) mass is 191 g/mol. The van der Waals surface area contributed by atoms with Crippen LogP contribution in [-0.2, 0) is 0 Å². The molecule has 0 amide bonds. The van der Waals surface area contributed by atoms with Crippen LogP contribution in [0.1, 0.15) is 5.56 Å². The van der Waals surface area contributed by atoms with Gasteiger partial charge in [-0.15, -0.1) is 0 Å². The Morgan fingerprint density at radius 3 is 2.38 bits per heavy atom. The Kier molecular flexibility index (Phi) is 3.47. The number of hydrogen-bond acceptors (Lipinski definition) is 1. The Bertz CT molecular complexity index is 336. The number of hydrogen-bond donors (Lipinski definition) is 0. The molecular formula is C11H10ClN. The molecule has 1 aromatic carbocycles. The van der Waals surface area contributed by atoms with E-state index in [1.54, 1.807) is 12.2 Å². The Labute approximate surface area is 83.1 Å². The van der Waals surface area contributed by atoms with Crippen molar-refractivity contribution in [3.8, 4) is 0 Å². The molecule has 0 radical (unpaired) electrons. The van der Waals surface area contributed by atoms with Crippen LogP contribution in [0.3, 0.4) is 0 Å². The second-order valence-electron chi connectivity index (χ2n) is 2.45. The van der Waals surface area contributed by atoms with Crippen molar-refractivity contribution in [1.82, 2.24) is 0 Å². The molecule has 0 fully saturated rings. The van der Waals surface area contributed by atoms with Gasteiger partial charge >= 0.3 is 0 Å². The first kappa shape index (κ1) is 9.75. The number of nitrogens with zero attached hydrogens (tertiary/aromatic N) is 1. The van der Waals surface area contributed by atoms with Gasteiger partial charge < -0.3 is 0 Å². The van der Waals surface area contributed by atoms with Gasteiger partial charge in [-0.05, 0) is 24.9 Å². The number of allylic oxidation sites excluding steroid dienone is 2. The van der Waals surface area contributed by atoms with Gasteiger partial charge in [0.25, 0.3) is 0 Å². The van der Waals surface area contributed by atoms with E-state index in [9.17, 15) is 0 Å². The molecule has 0 aromatic heterocycles. The second kappa shape index (κ2) is 4.63. The van der Waals surface area contributed by atoms with E-state index in [0.717, 1.165) is 11.3 Å². The Hall–Kier alpha value is -1.34. The van der Waals surface area contributed by atoms with Gasteiger partial charge in [0.15, 0.2) is 0 Å². The van der Waals surface area contributed by atoms with Gasteiger partial charge in [0.1, 0.15) is 0 Å². The minimum atomic E-state index is 0.714. The van der Waals surface area contributed by atoms with E-state index in [-0.39, 0.29) is 0 Å². The summed E-state index contributed by atoms with van der Waals surface area (Å²) in [4.78, 5) is 3.87. The Morgan fingerprint density at radius 2 is 1.92 bits per heavy atom. The molecular weight excluding hydrogens is 182 g/mol. The third kappa shape index (κ3) is 2.56. The van der Waals surface area contributed by atoms with Crippen molar-refractivity contribution >= 4 is 24.0 Å². The van der Waals surface area contributed by atoms with E-state index < -0.39 is 0 Å². The summed E-state index contributed by atoms with van der Waals surface area (Å²) in [6, 6.07) is 7.43. The van der Waals surface area contributed by atoms with E-state index in [1.807, 2.05) is 24.3 Å². The fraction of sp³-hybridized carbons (Fsp3) is 0. The van der Waals surface area contributed by atoms with Crippen molar-refractivity contribution in [2.45, 2.75) is 0 Å². The maximum atomic E-state index is 5.75. The molecule has 0 bridgehead atoms. The van der Waals surface area contributed by atoms with Crippen LogP contribution in [0, 0.1) is 0 Å². The summed E-state index contributed by atoms with van der Waals surface area (Å²) in [5.41, 5.74) is 1.78. The fourth-order valence-electron chi connectivity index (χ4n) is 0.972. The maximum absolute atomic E-state index is 5.75. The topological polar surface area (TPSA) is 12.4 Å². The SMILES string of the molecule is C=C/C=C(\N=C)c1ccc(Cl)cc1. The van der Waals surface area contributed by atoms with Crippen LogP contribution in [0.5, 0.6) is 0 Å². The fourth-order valence-corrected chi connectivity index (χ4v) is 1.10. The van der Waals surface area contributed by atoms with Crippen molar-refractivity contribution in [2.75, 3.05) is 0 Å². The molecule has 66 valence electrons. The highest BCUT2D eigenvalue weighted by Gasteiger charge is 1.96. The molecule has 0 aliphatic carbocycles. The largest absolute Gasteiger partial charge is 0.264 e. The van der Waals surface area contributed by atoms with Crippen molar-refractivity contribution in [3.63, 3.8) is 0 Å². The molecule has 2 heteroatoms. The Morgan fingerprint density at radius 1 is 1.31 bits per heavy atom. The van der Waals surface area contributed by atoms with Crippen LogP contribution in [-0.4, -0.2) is 6.72 Å². The van der Waals surface area contributed by atoms with Gasteiger partial charge in [-0.3, -0.25) is 4.99 Å². The van der Waals surface area contributed by atoms with E-state index >= 15 is 0 Å². The van der Waals surface area contributed by atoms with Crippen molar-refractivity contribution < 1.29 is 0 Å². The minimum Gasteiger partial charge on any atom is -0.264 e. The van der Waals surface area contributed by atoms with Crippen molar-refractivity contribution in [1.29, 1.82) is 0 Å². The van der Waals surface area contributed by atoms with Crippen LogP contribution >= 0.6 is 11.6 Å². The van der Waals surface area contributed by atoms with E-state index in [1.165, 1.54) is 0 Å². The highest BCUT2D eigenvalue weighted by atomic mass is 35.5. The molecule has 1 nitrogen and oxygen atoms in total.